The summed E-state index contributed by atoms with van der Waals surface area (Å²) in [7, 11) is 0. The number of anilines is 2. The van der Waals surface area contributed by atoms with Crippen LogP contribution in [0.3, 0.4) is 0 Å². The first-order valence-electron chi connectivity index (χ1n) is 10.3. The van der Waals surface area contributed by atoms with Crippen molar-refractivity contribution in [3.8, 4) is 11.1 Å². The summed E-state index contributed by atoms with van der Waals surface area (Å²) in [4.78, 5) is 24.4. The van der Waals surface area contributed by atoms with Gasteiger partial charge in [-0.3, -0.25) is 9.59 Å². The van der Waals surface area contributed by atoms with E-state index in [-0.39, 0.29) is 11.8 Å². The van der Waals surface area contributed by atoms with Crippen LogP contribution in [0.4, 0.5) is 11.4 Å². The fraction of sp³-hybridized carbons (Fsp3) is 0.0714. The molecule has 4 rings (SSSR count). The molecule has 0 saturated carbocycles. The van der Waals surface area contributed by atoms with Gasteiger partial charge in [0.25, 0.3) is 11.8 Å². The monoisotopic (exact) mass is 420 g/mol. The fourth-order valence-corrected chi connectivity index (χ4v) is 3.74. The molecule has 0 radical (unpaired) electrons. The Labute approximate surface area is 187 Å². The second-order valence-electron chi connectivity index (χ2n) is 7.88. The summed E-state index contributed by atoms with van der Waals surface area (Å²) in [5.41, 5.74) is 4.48. The van der Waals surface area contributed by atoms with Gasteiger partial charge in [0.05, 0.1) is 0 Å². The maximum Gasteiger partial charge on any atom is 0.250 e. The van der Waals surface area contributed by atoms with E-state index in [0.717, 1.165) is 44.0 Å². The largest absolute Gasteiger partial charge is 0.322 e. The molecule has 0 fully saturated rings. The van der Waals surface area contributed by atoms with Gasteiger partial charge in [0.15, 0.2) is 0 Å². The molecule has 2 N–H and O–H groups in total. The minimum atomic E-state index is -0.203. The Hall–Kier alpha value is -4.18. The van der Waals surface area contributed by atoms with Gasteiger partial charge in [-0.05, 0) is 47.9 Å². The summed E-state index contributed by atoms with van der Waals surface area (Å²) in [6, 6.07) is 23.8. The smallest absolute Gasteiger partial charge is 0.250 e. The third kappa shape index (κ3) is 3.91. The van der Waals surface area contributed by atoms with Crippen molar-refractivity contribution in [3.05, 3.63) is 97.1 Å². The van der Waals surface area contributed by atoms with Gasteiger partial charge < -0.3 is 10.6 Å². The highest BCUT2D eigenvalue weighted by atomic mass is 16.2. The van der Waals surface area contributed by atoms with Crippen LogP contribution in [0.5, 0.6) is 0 Å². The van der Waals surface area contributed by atoms with Crippen LogP contribution >= 0.6 is 0 Å². The summed E-state index contributed by atoms with van der Waals surface area (Å²) in [5.74, 6) is -0.406. The number of nitrogens with one attached hydrogen (secondary N) is 2. The zero-order valence-electron chi connectivity index (χ0n) is 18.2. The zero-order valence-corrected chi connectivity index (χ0v) is 18.2. The van der Waals surface area contributed by atoms with Gasteiger partial charge in [0.1, 0.15) is 0 Å². The summed E-state index contributed by atoms with van der Waals surface area (Å²) < 4.78 is 0. The summed E-state index contributed by atoms with van der Waals surface area (Å²) >= 11 is 0. The maximum atomic E-state index is 12.2. The zero-order chi connectivity index (χ0) is 22.8. The number of carbonyl (C=O) groups is 2. The number of fused-ring (bicyclic) bond motifs is 2. The SMILES string of the molecule is C=C(C)C(=O)Nc1ccc(-c2ccc(NC(=O)C(=C)C)c3ccccc23)c2ccccc12. The van der Waals surface area contributed by atoms with E-state index in [1.54, 1.807) is 13.8 Å². The highest BCUT2D eigenvalue weighted by Crippen LogP contribution is 2.39. The molecular weight excluding hydrogens is 396 g/mol. The highest BCUT2D eigenvalue weighted by Gasteiger charge is 2.14. The Morgan fingerprint density at radius 1 is 0.562 bits per heavy atom. The molecule has 4 nitrogen and oxygen atoms in total. The molecule has 0 saturated heterocycles. The van der Waals surface area contributed by atoms with Crippen LogP contribution in [0.1, 0.15) is 13.8 Å². The van der Waals surface area contributed by atoms with Gasteiger partial charge in [-0.25, -0.2) is 0 Å². The average Bonchev–Trinajstić information content (AvgIpc) is 2.79. The molecule has 0 bridgehead atoms. The van der Waals surface area contributed by atoms with Crippen LogP contribution in [-0.4, -0.2) is 11.8 Å². The predicted octanol–water partition coefficient (Wildman–Crippen LogP) is 6.69. The van der Waals surface area contributed by atoms with E-state index in [1.165, 1.54) is 0 Å². The molecule has 158 valence electrons. The van der Waals surface area contributed by atoms with E-state index in [9.17, 15) is 9.59 Å². The van der Waals surface area contributed by atoms with Gasteiger partial charge in [-0.2, -0.15) is 0 Å². The normalized spacial score (nSPS) is 10.7. The summed E-state index contributed by atoms with van der Waals surface area (Å²) in [6.45, 7) is 10.8. The molecule has 0 aliphatic heterocycles. The van der Waals surface area contributed by atoms with Crippen LogP contribution in [0, 0.1) is 0 Å². The van der Waals surface area contributed by atoms with E-state index in [0.29, 0.717) is 11.1 Å². The Balaban J connectivity index is 1.89. The third-order valence-corrected chi connectivity index (χ3v) is 5.41. The van der Waals surface area contributed by atoms with Crippen LogP contribution in [-0.2, 0) is 9.59 Å². The van der Waals surface area contributed by atoms with Crippen LogP contribution in [0.25, 0.3) is 32.7 Å². The highest BCUT2D eigenvalue weighted by molar-refractivity contribution is 6.15. The van der Waals surface area contributed by atoms with Gasteiger partial charge in [0.2, 0.25) is 0 Å². The van der Waals surface area contributed by atoms with E-state index < -0.39 is 0 Å². The van der Waals surface area contributed by atoms with E-state index in [2.05, 4.69) is 23.8 Å². The standard InChI is InChI=1S/C28H24N2O2/c1-17(2)27(31)29-25-15-13-21(19-9-5-7-11-23(19)25)22-14-16-26(30-28(32)18(3)4)24-12-8-6-10-20(22)24/h5-16H,1,3H2,2,4H3,(H,29,31)(H,30,32). The summed E-state index contributed by atoms with van der Waals surface area (Å²) in [6.07, 6.45) is 0. The maximum absolute atomic E-state index is 12.2. The second-order valence-corrected chi connectivity index (χ2v) is 7.88. The molecule has 4 aromatic carbocycles. The van der Waals surface area contributed by atoms with Crippen molar-refractivity contribution < 1.29 is 9.59 Å². The van der Waals surface area contributed by atoms with E-state index >= 15 is 0 Å². The minimum absolute atomic E-state index is 0.203. The lowest BCUT2D eigenvalue weighted by Gasteiger charge is -2.16. The Morgan fingerprint density at radius 3 is 1.25 bits per heavy atom. The van der Waals surface area contributed by atoms with Crippen molar-refractivity contribution in [1.82, 2.24) is 0 Å². The van der Waals surface area contributed by atoms with Crippen LogP contribution in [0.15, 0.2) is 97.1 Å². The lowest BCUT2D eigenvalue weighted by Crippen LogP contribution is -2.12. The van der Waals surface area contributed by atoms with Crippen molar-refractivity contribution >= 4 is 44.7 Å². The molecule has 0 aromatic heterocycles. The first kappa shape index (κ1) is 21.1. The molecule has 0 unspecified atom stereocenters. The van der Waals surface area contributed by atoms with Crippen molar-refractivity contribution in [2.45, 2.75) is 13.8 Å². The number of carbonyl (C=O) groups excluding carboxylic acids is 2. The third-order valence-electron chi connectivity index (χ3n) is 5.41. The fourth-order valence-electron chi connectivity index (χ4n) is 3.74. The topological polar surface area (TPSA) is 58.2 Å². The molecule has 0 atom stereocenters. The molecular formula is C28H24N2O2. The second kappa shape index (κ2) is 8.52. The van der Waals surface area contributed by atoms with Gasteiger partial charge in [0, 0.05) is 33.3 Å². The molecule has 0 aliphatic rings. The van der Waals surface area contributed by atoms with Crippen molar-refractivity contribution in [1.29, 1.82) is 0 Å². The number of hydrogen-bond donors (Lipinski definition) is 2. The molecule has 4 heteroatoms. The van der Waals surface area contributed by atoms with Crippen LogP contribution in [0.2, 0.25) is 0 Å². The number of benzene rings is 4. The number of amides is 2. The lowest BCUT2D eigenvalue weighted by molar-refractivity contribution is -0.113. The molecule has 0 heterocycles. The molecule has 0 spiro atoms. The van der Waals surface area contributed by atoms with Crippen molar-refractivity contribution in [2.24, 2.45) is 0 Å². The molecule has 2 amide bonds. The molecule has 0 aliphatic carbocycles. The quantitative estimate of drug-likeness (QED) is 0.353. The first-order valence-corrected chi connectivity index (χ1v) is 10.3. The van der Waals surface area contributed by atoms with Gasteiger partial charge in [-0.15, -0.1) is 0 Å². The van der Waals surface area contributed by atoms with Gasteiger partial charge in [-0.1, -0.05) is 73.8 Å². The number of hydrogen-bond acceptors (Lipinski definition) is 2. The average molecular weight is 421 g/mol. The van der Waals surface area contributed by atoms with Crippen LogP contribution < -0.4 is 10.6 Å². The summed E-state index contributed by atoms with van der Waals surface area (Å²) in [5, 5.41) is 9.84. The molecule has 4 aromatic rings. The number of rotatable bonds is 5. The lowest BCUT2D eigenvalue weighted by atomic mass is 9.92. The minimum Gasteiger partial charge on any atom is -0.322 e. The Bertz CT molecular complexity index is 1310. The Morgan fingerprint density at radius 2 is 0.906 bits per heavy atom. The van der Waals surface area contributed by atoms with E-state index in [4.69, 9.17) is 0 Å². The van der Waals surface area contributed by atoms with Crippen molar-refractivity contribution in [2.75, 3.05) is 10.6 Å². The van der Waals surface area contributed by atoms with Crippen molar-refractivity contribution in [3.63, 3.8) is 0 Å². The Kier molecular flexibility index (Phi) is 5.61. The molecule has 32 heavy (non-hydrogen) atoms. The van der Waals surface area contributed by atoms with Gasteiger partial charge >= 0.3 is 0 Å². The first-order chi connectivity index (χ1) is 15.4. The predicted molar refractivity (Wildman–Crippen MR) is 134 cm³/mol. The van der Waals surface area contributed by atoms with E-state index in [1.807, 2.05) is 72.8 Å².